The number of amides is 2. The summed E-state index contributed by atoms with van der Waals surface area (Å²) in [6, 6.07) is 12.2. The molecule has 2 heterocycles. The van der Waals surface area contributed by atoms with Crippen molar-refractivity contribution in [3.8, 4) is 0 Å². The average Bonchev–Trinajstić information content (AvgIpc) is 3.49. The van der Waals surface area contributed by atoms with Crippen LogP contribution in [0.25, 0.3) is 0 Å². The summed E-state index contributed by atoms with van der Waals surface area (Å²) in [6.07, 6.45) is 8.83. The van der Waals surface area contributed by atoms with E-state index in [1.54, 1.807) is 11.3 Å². The second-order valence-electron chi connectivity index (χ2n) is 9.64. The Hall–Kier alpha value is -2.14. The van der Waals surface area contributed by atoms with Crippen LogP contribution in [-0.2, 0) is 4.79 Å². The van der Waals surface area contributed by atoms with E-state index in [2.05, 4.69) is 28.6 Å². The normalized spacial score (nSPS) is 29.1. The molecule has 2 saturated carbocycles. The van der Waals surface area contributed by atoms with Crippen LogP contribution in [0.4, 0.5) is 0 Å². The maximum Gasteiger partial charge on any atom is 0.254 e. The number of carbonyl (C=O) groups is 2. The van der Waals surface area contributed by atoms with Gasteiger partial charge in [-0.15, -0.1) is 11.3 Å². The summed E-state index contributed by atoms with van der Waals surface area (Å²) in [7, 11) is 0. The minimum Gasteiger partial charge on any atom is -0.353 e. The summed E-state index contributed by atoms with van der Waals surface area (Å²) >= 11 is 1.66. The van der Waals surface area contributed by atoms with E-state index in [0.29, 0.717) is 5.56 Å². The first-order valence-electron chi connectivity index (χ1n) is 11.9. The average molecular weight is 437 g/mol. The number of thiophene rings is 1. The molecule has 2 fully saturated rings. The summed E-state index contributed by atoms with van der Waals surface area (Å²) in [5.41, 5.74) is 1.60. The first-order valence-corrected chi connectivity index (χ1v) is 12.8. The van der Waals surface area contributed by atoms with Crippen molar-refractivity contribution in [2.75, 3.05) is 0 Å². The molecular weight excluding hydrogens is 404 g/mol. The zero-order chi connectivity index (χ0) is 21.4. The number of carbonyl (C=O) groups excluding carboxylic acids is 2. The predicted octanol–water partition coefficient (Wildman–Crippen LogP) is 5.67. The highest BCUT2D eigenvalue weighted by molar-refractivity contribution is 7.10. The van der Waals surface area contributed by atoms with Crippen LogP contribution in [0.3, 0.4) is 0 Å². The van der Waals surface area contributed by atoms with Gasteiger partial charge in [0.1, 0.15) is 0 Å². The van der Waals surface area contributed by atoms with Gasteiger partial charge in [0.15, 0.2) is 0 Å². The van der Waals surface area contributed by atoms with Crippen LogP contribution in [0.2, 0.25) is 0 Å². The third kappa shape index (κ3) is 3.93. The molecule has 1 aromatic heterocycles. The Labute approximate surface area is 189 Å². The topological polar surface area (TPSA) is 49.4 Å². The molecule has 1 aliphatic heterocycles. The van der Waals surface area contributed by atoms with Crippen molar-refractivity contribution in [3.63, 3.8) is 0 Å². The molecule has 0 bridgehead atoms. The first kappa shape index (κ1) is 20.7. The molecule has 2 amide bonds. The number of benzene rings is 1. The molecular formula is C26H32N2O2S. The number of nitrogens with one attached hydrogen (secondary N) is 1. The number of hydrogen-bond donors (Lipinski definition) is 1. The van der Waals surface area contributed by atoms with Crippen LogP contribution in [0.15, 0.2) is 41.8 Å². The predicted molar refractivity (Wildman–Crippen MR) is 124 cm³/mol. The third-order valence-corrected chi connectivity index (χ3v) is 8.52. The maximum atomic E-state index is 13.8. The Kier molecular flexibility index (Phi) is 5.87. The third-order valence-electron chi connectivity index (χ3n) is 7.57. The van der Waals surface area contributed by atoms with Crippen molar-refractivity contribution in [1.82, 2.24) is 10.2 Å². The SMILES string of the molecule is CC1CCC(NC(=O)[C@H]2c3ccccc3C(=O)N(C3CCCC3)[C@@H]2c2cccs2)CC1. The quantitative estimate of drug-likeness (QED) is 0.672. The molecule has 1 aromatic carbocycles. The molecule has 4 nitrogen and oxygen atoms in total. The Balaban J connectivity index is 1.54. The molecule has 1 N–H and O–H groups in total. The van der Waals surface area contributed by atoms with E-state index in [1.165, 1.54) is 12.8 Å². The van der Waals surface area contributed by atoms with Crippen LogP contribution < -0.4 is 5.32 Å². The van der Waals surface area contributed by atoms with Crippen LogP contribution in [0.1, 0.15) is 91.0 Å². The number of nitrogens with zero attached hydrogens (tertiary/aromatic N) is 1. The van der Waals surface area contributed by atoms with Crippen LogP contribution >= 0.6 is 11.3 Å². The molecule has 164 valence electrons. The van der Waals surface area contributed by atoms with E-state index in [4.69, 9.17) is 0 Å². The standard InChI is InChI=1S/C26H32N2O2S/c1-17-12-14-18(15-13-17)27-25(29)23-20-9-4-5-10-21(20)26(30)28(19-7-2-3-8-19)24(23)22-11-6-16-31-22/h4-6,9-11,16-19,23-24H,2-3,7-8,12-15H2,1H3,(H,27,29)/t17?,18?,23-,24+/m0/s1. The minimum absolute atomic E-state index is 0.0842. The summed E-state index contributed by atoms with van der Waals surface area (Å²) < 4.78 is 0. The van der Waals surface area contributed by atoms with E-state index in [1.807, 2.05) is 30.3 Å². The van der Waals surface area contributed by atoms with Gasteiger partial charge in [0, 0.05) is 22.5 Å². The Morgan fingerprint density at radius 3 is 2.45 bits per heavy atom. The Bertz CT molecular complexity index is 927. The van der Waals surface area contributed by atoms with Gasteiger partial charge in [-0.1, -0.05) is 44.0 Å². The minimum atomic E-state index is -0.354. The summed E-state index contributed by atoms with van der Waals surface area (Å²) in [5.74, 6) is 0.572. The van der Waals surface area contributed by atoms with Gasteiger partial charge >= 0.3 is 0 Å². The summed E-state index contributed by atoms with van der Waals surface area (Å²) in [4.78, 5) is 30.7. The molecule has 3 aliphatic rings. The lowest BCUT2D eigenvalue weighted by Gasteiger charge is -2.44. The second-order valence-corrected chi connectivity index (χ2v) is 10.6. The zero-order valence-electron chi connectivity index (χ0n) is 18.3. The smallest absolute Gasteiger partial charge is 0.254 e. The lowest BCUT2D eigenvalue weighted by Crippen LogP contribution is -2.52. The molecule has 0 spiro atoms. The van der Waals surface area contributed by atoms with E-state index in [9.17, 15) is 9.59 Å². The Morgan fingerprint density at radius 2 is 1.74 bits per heavy atom. The van der Waals surface area contributed by atoms with Crippen LogP contribution in [0, 0.1) is 5.92 Å². The molecule has 0 saturated heterocycles. The zero-order valence-corrected chi connectivity index (χ0v) is 19.1. The van der Waals surface area contributed by atoms with E-state index >= 15 is 0 Å². The lowest BCUT2D eigenvalue weighted by atomic mass is 9.80. The van der Waals surface area contributed by atoms with Crippen molar-refractivity contribution in [3.05, 3.63) is 57.8 Å². The largest absolute Gasteiger partial charge is 0.353 e. The van der Waals surface area contributed by atoms with Crippen molar-refractivity contribution in [2.24, 2.45) is 5.92 Å². The van der Waals surface area contributed by atoms with E-state index in [0.717, 1.165) is 54.9 Å². The fourth-order valence-corrected chi connectivity index (χ4v) is 6.74. The summed E-state index contributed by atoms with van der Waals surface area (Å²) in [5, 5.41) is 5.46. The number of hydrogen-bond acceptors (Lipinski definition) is 3. The fourth-order valence-electron chi connectivity index (χ4n) is 5.88. The van der Waals surface area contributed by atoms with Gasteiger partial charge in [-0.05, 0) is 67.5 Å². The van der Waals surface area contributed by atoms with Crippen molar-refractivity contribution >= 4 is 23.2 Å². The van der Waals surface area contributed by atoms with Gasteiger partial charge < -0.3 is 10.2 Å². The van der Waals surface area contributed by atoms with Crippen LogP contribution in [-0.4, -0.2) is 28.8 Å². The van der Waals surface area contributed by atoms with Crippen molar-refractivity contribution in [1.29, 1.82) is 0 Å². The van der Waals surface area contributed by atoms with Crippen molar-refractivity contribution in [2.45, 2.75) is 82.3 Å². The molecule has 2 aliphatic carbocycles. The monoisotopic (exact) mass is 436 g/mol. The molecule has 0 unspecified atom stereocenters. The lowest BCUT2D eigenvalue weighted by molar-refractivity contribution is -0.125. The highest BCUT2D eigenvalue weighted by Gasteiger charge is 2.47. The van der Waals surface area contributed by atoms with Gasteiger partial charge in [0.2, 0.25) is 5.91 Å². The van der Waals surface area contributed by atoms with Crippen molar-refractivity contribution < 1.29 is 9.59 Å². The number of rotatable bonds is 4. The highest BCUT2D eigenvalue weighted by Crippen LogP contribution is 2.47. The molecule has 2 atom stereocenters. The van der Waals surface area contributed by atoms with Crippen LogP contribution in [0.5, 0.6) is 0 Å². The van der Waals surface area contributed by atoms with E-state index < -0.39 is 0 Å². The summed E-state index contributed by atoms with van der Waals surface area (Å²) in [6.45, 7) is 2.30. The Morgan fingerprint density at radius 1 is 1.00 bits per heavy atom. The molecule has 0 radical (unpaired) electrons. The van der Waals surface area contributed by atoms with E-state index in [-0.39, 0.29) is 35.9 Å². The maximum absolute atomic E-state index is 13.8. The second kappa shape index (κ2) is 8.78. The van der Waals surface area contributed by atoms with Gasteiger partial charge in [-0.2, -0.15) is 0 Å². The van der Waals surface area contributed by atoms with Gasteiger partial charge in [-0.3, -0.25) is 9.59 Å². The van der Waals surface area contributed by atoms with Gasteiger partial charge in [0.05, 0.1) is 12.0 Å². The first-order chi connectivity index (χ1) is 15.1. The molecule has 5 heteroatoms. The molecule has 31 heavy (non-hydrogen) atoms. The fraction of sp³-hybridized carbons (Fsp3) is 0.538. The van der Waals surface area contributed by atoms with Gasteiger partial charge in [-0.25, -0.2) is 0 Å². The van der Waals surface area contributed by atoms with Gasteiger partial charge in [0.25, 0.3) is 5.91 Å². The molecule has 2 aromatic rings. The highest BCUT2D eigenvalue weighted by atomic mass is 32.1. The number of fused-ring (bicyclic) bond motifs is 1. The molecule has 5 rings (SSSR count).